The van der Waals surface area contributed by atoms with Crippen LogP contribution in [0, 0.1) is 0 Å². The van der Waals surface area contributed by atoms with Crippen molar-refractivity contribution in [1.29, 1.82) is 0 Å². The third-order valence-corrected chi connectivity index (χ3v) is 3.44. The molecule has 23 heavy (non-hydrogen) atoms. The van der Waals surface area contributed by atoms with E-state index in [0.717, 1.165) is 11.1 Å². The Morgan fingerprint density at radius 1 is 0.826 bits per heavy atom. The van der Waals surface area contributed by atoms with Crippen molar-refractivity contribution in [2.45, 2.75) is 19.8 Å². The van der Waals surface area contributed by atoms with Gasteiger partial charge in [0.25, 0.3) is 0 Å². The zero-order chi connectivity index (χ0) is 14.8. The van der Waals surface area contributed by atoms with Gasteiger partial charge in [0, 0.05) is 0 Å². The Labute approximate surface area is 173 Å². The van der Waals surface area contributed by atoms with Crippen molar-refractivity contribution in [3.63, 3.8) is 0 Å². The first-order valence-electron chi connectivity index (χ1n) is 6.31. The molecule has 0 unspecified atom stereocenters. The van der Waals surface area contributed by atoms with Crippen LogP contribution in [0.2, 0.25) is 0 Å². The number of rotatable bonds is 4. The van der Waals surface area contributed by atoms with Gasteiger partial charge in [0.05, 0.1) is 0 Å². The normalized spacial score (nSPS) is 10.1. The number of phosphoric ester groups is 1. The molecular weight excluding hydrogens is 296 g/mol. The van der Waals surface area contributed by atoms with Crippen LogP contribution in [-0.4, -0.2) is 66.4 Å². The zero-order valence-electron chi connectivity index (χ0n) is 11.4. The number of benzene rings is 2. The second kappa shape index (κ2) is 10.9. The Morgan fingerprint density at radius 2 is 1.22 bits per heavy atom. The summed E-state index contributed by atoms with van der Waals surface area (Å²) in [6.45, 7) is 4.28. The Balaban J connectivity index is 0. The molecule has 0 bridgehead atoms. The summed E-state index contributed by atoms with van der Waals surface area (Å²) in [4.78, 5) is 17.5. The maximum atomic E-state index is 10.7. The molecule has 0 aromatic heterocycles. The van der Waals surface area contributed by atoms with E-state index < -0.39 is 7.82 Å². The molecule has 2 N–H and O–H groups in total. The van der Waals surface area contributed by atoms with Gasteiger partial charge in [0.2, 0.25) is 0 Å². The van der Waals surface area contributed by atoms with Crippen LogP contribution in [0.3, 0.4) is 0 Å². The summed E-state index contributed by atoms with van der Waals surface area (Å²) in [7, 11) is -4.49. The Morgan fingerprint density at radius 3 is 1.57 bits per heavy atom. The van der Waals surface area contributed by atoms with Gasteiger partial charge in [-0.1, -0.05) is 50.2 Å². The third kappa shape index (κ3) is 8.21. The predicted molar refractivity (Wildman–Crippen MR) is 100 cm³/mol. The van der Waals surface area contributed by atoms with E-state index in [2.05, 4.69) is 30.5 Å². The number of phosphoric acid groups is 1. The van der Waals surface area contributed by atoms with E-state index in [0.29, 0.717) is 5.92 Å². The van der Waals surface area contributed by atoms with Gasteiger partial charge in [-0.3, -0.25) is 9.79 Å². The van der Waals surface area contributed by atoms with E-state index in [-0.39, 0.29) is 62.3 Å². The second-order valence-electron chi connectivity index (χ2n) is 4.88. The molecule has 2 rings (SSSR count). The molecule has 0 radical (unpaired) electrons. The van der Waals surface area contributed by atoms with Crippen molar-refractivity contribution in [3.8, 4) is 16.9 Å². The van der Waals surface area contributed by atoms with E-state index >= 15 is 0 Å². The number of hydrogen-bond acceptors (Lipinski definition) is 2. The van der Waals surface area contributed by atoms with Crippen molar-refractivity contribution < 1.29 is 18.9 Å². The average Bonchev–Trinajstić information content (AvgIpc) is 2.38. The van der Waals surface area contributed by atoms with Crippen LogP contribution in [0.5, 0.6) is 5.75 Å². The van der Waals surface area contributed by atoms with E-state index in [1.165, 1.54) is 5.56 Å². The van der Waals surface area contributed by atoms with Crippen LogP contribution in [0.4, 0.5) is 0 Å². The summed E-state index contributed by atoms with van der Waals surface area (Å²) in [5.41, 5.74) is 3.30. The summed E-state index contributed by atoms with van der Waals surface area (Å²) in [5.74, 6) is 0.643. The standard InChI is InChI=1S/C15H17O4P.3Li.3H/c1-11(2)12-3-5-13(6-4-12)14-7-9-15(10-8-14)19-20(16,17)18;;;;;;/h3-11H,1-2H3,(H2,16,17,18);;;;;;. The summed E-state index contributed by atoms with van der Waals surface area (Å²) >= 11 is 0. The molecule has 2 aromatic carbocycles. The van der Waals surface area contributed by atoms with E-state index in [1.54, 1.807) is 24.3 Å². The molecule has 0 fully saturated rings. The summed E-state index contributed by atoms with van der Waals surface area (Å²) < 4.78 is 15.2. The van der Waals surface area contributed by atoms with Crippen LogP contribution in [0.25, 0.3) is 11.1 Å². The molecule has 0 amide bonds. The first-order chi connectivity index (χ1) is 9.35. The van der Waals surface area contributed by atoms with Crippen molar-refractivity contribution in [2.24, 2.45) is 0 Å². The molecule has 112 valence electrons. The molecule has 0 atom stereocenters. The predicted octanol–water partition coefficient (Wildman–Crippen LogP) is 2.00. The third-order valence-electron chi connectivity index (χ3n) is 2.99. The van der Waals surface area contributed by atoms with Crippen LogP contribution < -0.4 is 4.52 Å². The van der Waals surface area contributed by atoms with Crippen molar-refractivity contribution in [2.75, 3.05) is 0 Å². The van der Waals surface area contributed by atoms with E-state index in [1.807, 2.05) is 12.1 Å². The molecular formula is C15H20Li3O4P. The molecule has 8 heteroatoms. The molecule has 0 saturated heterocycles. The van der Waals surface area contributed by atoms with Gasteiger partial charge in [-0.25, -0.2) is 4.57 Å². The van der Waals surface area contributed by atoms with Crippen molar-refractivity contribution in [1.82, 2.24) is 0 Å². The molecule has 0 heterocycles. The van der Waals surface area contributed by atoms with Gasteiger partial charge < -0.3 is 4.52 Å². The SMILES string of the molecule is CC(C)c1ccc(-c2ccc(OP(=O)(O)O)cc2)cc1.[LiH].[LiH].[LiH]. The van der Waals surface area contributed by atoms with Gasteiger partial charge in [0.1, 0.15) is 5.75 Å². The minimum absolute atomic E-state index is 0. The maximum absolute atomic E-state index is 10.7. The molecule has 0 aliphatic rings. The van der Waals surface area contributed by atoms with Crippen LogP contribution in [-0.2, 0) is 4.57 Å². The van der Waals surface area contributed by atoms with Crippen molar-refractivity contribution >= 4 is 64.4 Å². The average molecular weight is 316 g/mol. The van der Waals surface area contributed by atoms with E-state index in [9.17, 15) is 4.57 Å². The summed E-state index contributed by atoms with van der Waals surface area (Å²) in [6.07, 6.45) is 0. The molecule has 0 saturated carbocycles. The Kier molecular flexibility index (Phi) is 12.1. The van der Waals surface area contributed by atoms with Crippen molar-refractivity contribution in [3.05, 3.63) is 54.1 Å². The Hall–Kier alpha value is 0.182. The van der Waals surface area contributed by atoms with Gasteiger partial charge in [-0.2, -0.15) is 0 Å². The second-order valence-corrected chi connectivity index (χ2v) is 6.05. The Bertz CT molecular complexity index is 624. The van der Waals surface area contributed by atoms with E-state index in [4.69, 9.17) is 9.79 Å². The molecule has 0 spiro atoms. The first kappa shape index (κ1) is 25.4. The van der Waals surface area contributed by atoms with Gasteiger partial charge in [-0.05, 0) is 34.7 Å². The monoisotopic (exact) mass is 316 g/mol. The fourth-order valence-corrected chi connectivity index (χ4v) is 2.30. The molecule has 0 aliphatic heterocycles. The van der Waals surface area contributed by atoms with Crippen LogP contribution in [0.15, 0.2) is 48.5 Å². The summed E-state index contributed by atoms with van der Waals surface area (Å²) in [5, 5.41) is 0. The zero-order valence-corrected chi connectivity index (χ0v) is 12.2. The van der Waals surface area contributed by atoms with Gasteiger partial charge in [-0.15, -0.1) is 0 Å². The van der Waals surface area contributed by atoms with Gasteiger partial charge >= 0.3 is 64.4 Å². The molecule has 4 nitrogen and oxygen atoms in total. The first-order valence-corrected chi connectivity index (χ1v) is 7.84. The molecule has 0 aliphatic carbocycles. The van der Waals surface area contributed by atoms with Gasteiger partial charge in [0.15, 0.2) is 0 Å². The topological polar surface area (TPSA) is 66.8 Å². The molecule has 2 aromatic rings. The quantitative estimate of drug-likeness (QED) is 0.669. The fourth-order valence-electron chi connectivity index (χ4n) is 1.91. The van der Waals surface area contributed by atoms with Crippen LogP contribution in [0.1, 0.15) is 25.3 Å². The minimum atomic E-state index is -4.49. The number of hydrogen-bond donors (Lipinski definition) is 2. The van der Waals surface area contributed by atoms with Crippen LogP contribution >= 0.6 is 7.82 Å². The summed E-state index contributed by atoms with van der Waals surface area (Å²) in [6, 6.07) is 14.9. The fraction of sp³-hybridized carbons (Fsp3) is 0.200.